The van der Waals surface area contributed by atoms with Crippen molar-refractivity contribution in [2.75, 3.05) is 11.4 Å². The van der Waals surface area contributed by atoms with E-state index in [4.69, 9.17) is 5.10 Å². The summed E-state index contributed by atoms with van der Waals surface area (Å²) >= 11 is 0. The number of fused-ring (bicyclic) bond motifs is 2. The molecular weight excluding hydrogens is 312 g/mol. The summed E-state index contributed by atoms with van der Waals surface area (Å²) in [6, 6.07) is 18.3. The first-order valence-corrected chi connectivity index (χ1v) is 8.34. The van der Waals surface area contributed by atoms with Gasteiger partial charge in [0.1, 0.15) is 11.5 Å². The predicted molar refractivity (Wildman–Crippen MR) is 95.2 cm³/mol. The number of anilines is 1. The van der Waals surface area contributed by atoms with Gasteiger partial charge in [0.25, 0.3) is 0 Å². The van der Waals surface area contributed by atoms with Crippen LogP contribution in [0, 0.1) is 0 Å². The molecule has 5 rings (SSSR count). The van der Waals surface area contributed by atoms with Crippen molar-refractivity contribution >= 4 is 11.5 Å². The number of pyridine rings is 1. The van der Waals surface area contributed by atoms with Gasteiger partial charge in [-0.2, -0.15) is 4.52 Å². The second-order valence-electron chi connectivity index (χ2n) is 6.14. The van der Waals surface area contributed by atoms with Crippen LogP contribution in [0.25, 0.3) is 17.2 Å². The molecule has 0 saturated carbocycles. The van der Waals surface area contributed by atoms with Crippen LogP contribution in [0.5, 0.6) is 0 Å². The van der Waals surface area contributed by atoms with Crippen LogP contribution >= 0.6 is 0 Å². The Bertz CT molecular complexity index is 1040. The summed E-state index contributed by atoms with van der Waals surface area (Å²) in [5, 5.41) is 13.3. The molecule has 0 bridgehead atoms. The molecule has 0 amide bonds. The molecule has 0 atom stereocenters. The Morgan fingerprint density at radius 2 is 1.72 bits per heavy atom. The third kappa shape index (κ3) is 2.42. The van der Waals surface area contributed by atoms with Crippen LogP contribution in [0.4, 0.5) is 5.82 Å². The van der Waals surface area contributed by atoms with Gasteiger partial charge in [-0.1, -0.05) is 30.3 Å². The smallest absolute Gasteiger partial charge is 0.203 e. The third-order valence-corrected chi connectivity index (χ3v) is 4.60. The lowest BCUT2D eigenvalue weighted by Crippen LogP contribution is -2.31. The van der Waals surface area contributed by atoms with Crippen LogP contribution in [0.3, 0.4) is 0 Å². The molecule has 0 spiro atoms. The summed E-state index contributed by atoms with van der Waals surface area (Å²) in [6.07, 6.45) is 2.78. The van der Waals surface area contributed by atoms with E-state index in [0.717, 1.165) is 36.7 Å². The molecule has 25 heavy (non-hydrogen) atoms. The van der Waals surface area contributed by atoms with Crippen molar-refractivity contribution in [2.24, 2.45) is 0 Å². The Hall–Kier alpha value is -3.28. The Kier molecular flexibility index (Phi) is 3.19. The number of nitrogens with zero attached hydrogens (tertiary/aromatic N) is 6. The van der Waals surface area contributed by atoms with Gasteiger partial charge in [-0.25, -0.2) is 0 Å². The van der Waals surface area contributed by atoms with Crippen molar-refractivity contribution in [3.63, 3.8) is 0 Å². The molecular formula is C19H16N6. The van der Waals surface area contributed by atoms with Crippen molar-refractivity contribution in [2.45, 2.75) is 13.0 Å². The predicted octanol–water partition coefficient (Wildman–Crippen LogP) is 2.75. The zero-order valence-electron chi connectivity index (χ0n) is 13.6. The van der Waals surface area contributed by atoms with Gasteiger partial charge in [0.2, 0.25) is 5.82 Å². The molecule has 6 nitrogen and oxygen atoms in total. The Balaban J connectivity index is 1.55. The largest absolute Gasteiger partial charge is 0.351 e. The minimum Gasteiger partial charge on any atom is -0.351 e. The second kappa shape index (κ2) is 5.66. The van der Waals surface area contributed by atoms with E-state index in [1.54, 1.807) is 10.7 Å². The summed E-state index contributed by atoms with van der Waals surface area (Å²) in [5.74, 6) is 1.59. The van der Waals surface area contributed by atoms with Crippen molar-refractivity contribution in [3.05, 3.63) is 71.9 Å². The molecule has 3 aromatic heterocycles. The molecule has 0 radical (unpaired) electrons. The van der Waals surface area contributed by atoms with E-state index in [0.29, 0.717) is 5.82 Å². The summed E-state index contributed by atoms with van der Waals surface area (Å²) < 4.78 is 1.78. The van der Waals surface area contributed by atoms with Gasteiger partial charge in [0.05, 0.1) is 0 Å². The summed E-state index contributed by atoms with van der Waals surface area (Å²) in [4.78, 5) is 6.66. The molecule has 4 heterocycles. The lowest BCUT2D eigenvalue weighted by Gasteiger charge is -2.29. The van der Waals surface area contributed by atoms with Crippen LogP contribution in [0.2, 0.25) is 0 Å². The van der Waals surface area contributed by atoms with Crippen LogP contribution in [0.1, 0.15) is 11.1 Å². The number of benzene rings is 1. The lowest BCUT2D eigenvalue weighted by molar-refractivity contribution is 0.708. The van der Waals surface area contributed by atoms with Crippen molar-refractivity contribution in [1.29, 1.82) is 0 Å². The van der Waals surface area contributed by atoms with Crippen LogP contribution in [0.15, 0.2) is 60.8 Å². The van der Waals surface area contributed by atoms with E-state index in [1.165, 1.54) is 11.1 Å². The Labute approximate surface area is 144 Å². The zero-order valence-corrected chi connectivity index (χ0v) is 13.6. The maximum atomic E-state index is 4.79. The highest BCUT2D eigenvalue weighted by Gasteiger charge is 2.18. The summed E-state index contributed by atoms with van der Waals surface area (Å²) in [7, 11) is 0. The number of aromatic nitrogens is 5. The van der Waals surface area contributed by atoms with Gasteiger partial charge >= 0.3 is 0 Å². The molecule has 4 aromatic rings. The van der Waals surface area contributed by atoms with E-state index in [2.05, 4.69) is 44.3 Å². The van der Waals surface area contributed by atoms with Gasteiger partial charge in [-0.3, -0.25) is 4.98 Å². The third-order valence-electron chi connectivity index (χ3n) is 4.60. The Morgan fingerprint density at radius 3 is 2.60 bits per heavy atom. The number of hydrogen-bond donors (Lipinski definition) is 0. The molecule has 0 fully saturated rings. The topological polar surface area (TPSA) is 59.2 Å². The molecule has 0 N–H and O–H groups in total. The fourth-order valence-electron chi connectivity index (χ4n) is 3.29. The zero-order chi connectivity index (χ0) is 16.6. The van der Waals surface area contributed by atoms with Gasteiger partial charge < -0.3 is 4.90 Å². The average Bonchev–Trinajstić information content (AvgIpc) is 3.11. The van der Waals surface area contributed by atoms with Gasteiger partial charge in [-0.05, 0) is 41.8 Å². The molecule has 1 aliphatic heterocycles. The second-order valence-corrected chi connectivity index (χ2v) is 6.14. The quantitative estimate of drug-likeness (QED) is 0.566. The van der Waals surface area contributed by atoms with E-state index in [1.807, 2.05) is 30.3 Å². The molecule has 0 aliphatic carbocycles. The summed E-state index contributed by atoms with van der Waals surface area (Å²) in [6.45, 7) is 1.83. The molecule has 0 unspecified atom stereocenters. The lowest BCUT2D eigenvalue weighted by atomic mass is 10.00. The van der Waals surface area contributed by atoms with Gasteiger partial charge in [0, 0.05) is 19.3 Å². The van der Waals surface area contributed by atoms with Crippen LogP contribution in [-0.4, -0.2) is 31.3 Å². The normalized spacial score (nSPS) is 13.8. The van der Waals surface area contributed by atoms with Crippen LogP contribution in [-0.2, 0) is 13.0 Å². The van der Waals surface area contributed by atoms with E-state index < -0.39 is 0 Å². The first kappa shape index (κ1) is 14.1. The maximum Gasteiger partial charge on any atom is 0.203 e. The minimum atomic E-state index is 0.662. The first-order chi connectivity index (χ1) is 12.4. The van der Waals surface area contributed by atoms with Crippen molar-refractivity contribution in [1.82, 2.24) is 24.8 Å². The number of rotatable bonds is 2. The highest BCUT2D eigenvalue weighted by molar-refractivity contribution is 5.56. The standard InChI is InChI=1S/C19H16N6/c1-2-6-15-13-24(12-10-14(15)5-1)18-9-8-17-21-22-19(25(17)23-18)16-7-3-4-11-20-16/h1-9,11H,10,12-13H2. The summed E-state index contributed by atoms with van der Waals surface area (Å²) in [5.41, 5.74) is 4.29. The molecule has 1 aliphatic rings. The van der Waals surface area contributed by atoms with Crippen molar-refractivity contribution < 1.29 is 0 Å². The Morgan fingerprint density at radius 1 is 0.840 bits per heavy atom. The molecule has 1 aromatic carbocycles. The fourth-order valence-corrected chi connectivity index (χ4v) is 3.29. The fraction of sp³-hybridized carbons (Fsp3) is 0.158. The minimum absolute atomic E-state index is 0.662. The van der Waals surface area contributed by atoms with E-state index >= 15 is 0 Å². The van der Waals surface area contributed by atoms with Gasteiger partial charge in [0.15, 0.2) is 5.65 Å². The molecule has 6 heteroatoms. The van der Waals surface area contributed by atoms with E-state index in [9.17, 15) is 0 Å². The highest BCUT2D eigenvalue weighted by atomic mass is 15.4. The monoisotopic (exact) mass is 328 g/mol. The molecule has 122 valence electrons. The van der Waals surface area contributed by atoms with Crippen LogP contribution < -0.4 is 4.90 Å². The number of hydrogen-bond acceptors (Lipinski definition) is 5. The maximum absolute atomic E-state index is 4.79. The van der Waals surface area contributed by atoms with Crippen molar-refractivity contribution in [3.8, 4) is 11.5 Å². The average molecular weight is 328 g/mol. The highest BCUT2D eigenvalue weighted by Crippen LogP contribution is 2.24. The van der Waals surface area contributed by atoms with E-state index in [-0.39, 0.29) is 0 Å². The SMILES string of the molecule is c1ccc(-c2nnc3ccc(N4CCc5ccccc5C4)nn23)nc1. The molecule has 0 saturated heterocycles. The van der Waals surface area contributed by atoms with Gasteiger partial charge in [-0.15, -0.1) is 15.3 Å². The first-order valence-electron chi connectivity index (χ1n) is 8.34.